The van der Waals surface area contributed by atoms with Crippen molar-refractivity contribution in [1.82, 2.24) is 15.1 Å². The van der Waals surface area contributed by atoms with E-state index in [4.69, 9.17) is 4.74 Å². The number of ether oxygens (including phenoxy) is 1. The van der Waals surface area contributed by atoms with Gasteiger partial charge in [-0.25, -0.2) is 4.79 Å². The van der Waals surface area contributed by atoms with Crippen LogP contribution in [0.5, 0.6) is 0 Å². The highest BCUT2D eigenvalue weighted by Crippen LogP contribution is 2.44. The Morgan fingerprint density at radius 3 is 2.41 bits per heavy atom. The molecule has 0 unspecified atom stereocenters. The lowest BCUT2D eigenvalue weighted by molar-refractivity contribution is 0.144. The van der Waals surface area contributed by atoms with Gasteiger partial charge in [-0.15, -0.1) is 0 Å². The maximum Gasteiger partial charge on any atom is 0.407 e. The monoisotopic (exact) mass is 359 g/mol. The van der Waals surface area contributed by atoms with Crippen LogP contribution in [0.15, 0.2) is 66.9 Å². The molecule has 4 rings (SSSR count). The van der Waals surface area contributed by atoms with Gasteiger partial charge in [-0.2, -0.15) is 5.10 Å². The van der Waals surface area contributed by atoms with Crippen LogP contribution in [-0.4, -0.2) is 29.0 Å². The van der Waals surface area contributed by atoms with Crippen LogP contribution < -0.4 is 5.32 Å². The van der Waals surface area contributed by atoms with E-state index in [1.54, 1.807) is 4.68 Å². The molecular weight excluding hydrogens is 338 g/mol. The lowest BCUT2D eigenvalue weighted by Crippen LogP contribution is -2.26. The van der Waals surface area contributed by atoms with Gasteiger partial charge in [0.05, 0.1) is 5.69 Å². The number of nitrogens with one attached hydrogen (secondary N) is 1. The predicted molar refractivity (Wildman–Crippen MR) is 105 cm³/mol. The Kier molecular flexibility index (Phi) is 4.75. The third-order valence-electron chi connectivity index (χ3n) is 4.73. The number of fused-ring (bicyclic) bond motifs is 3. The summed E-state index contributed by atoms with van der Waals surface area (Å²) in [5.74, 6) is 0.0761. The SMILES string of the molecule is Cn1ccc(C=CCNC(=O)OCC2c3ccccc3-c3ccccc32)n1. The molecular formula is C22H21N3O2. The van der Waals surface area contributed by atoms with Gasteiger partial charge >= 0.3 is 6.09 Å². The molecule has 1 aliphatic carbocycles. The summed E-state index contributed by atoms with van der Waals surface area (Å²) in [6, 6.07) is 18.5. The maximum atomic E-state index is 12.1. The van der Waals surface area contributed by atoms with E-state index in [1.807, 2.05) is 55.7 Å². The zero-order valence-electron chi connectivity index (χ0n) is 15.1. The van der Waals surface area contributed by atoms with Crippen molar-refractivity contribution in [3.63, 3.8) is 0 Å². The highest BCUT2D eigenvalue weighted by molar-refractivity contribution is 5.79. The quantitative estimate of drug-likeness (QED) is 0.750. The summed E-state index contributed by atoms with van der Waals surface area (Å²) < 4.78 is 7.23. The molecule has 2 aromatic carbocycles. The van der Waals surface area contributed by atoms with E-state index in [9.17, 15) is 4.79 Å². The molecule has 0 saturated carbocycles. The summed E-state index contributed by atoms with van der Waals surface area (Å²) in [5.41, 5.74) is 5.72. The third kappa shape index (κ3) is 3.62. The van der Waals surface area contributed by atoms with E-state index in [-0.39, 0.29) is 5.92 Å². The van der Waals surface area contributed by atoms with Crippen LogP contribution in [0.1, 0.15) is 22.7 Å². The third-order valence-corrected chi connectivity index (χ3v) is 4.73. The molecule has 1 N–H and O–H groups in total. The first-order chi connectivity index (χ1) is 13.2. The second-order valence-corrected chi connectivity index (χ2v) is 6.52. The van der Waals surface area contributed by atoms with Crippen LogP contribution in [0.25, 0.3) is 17.2 Å². The lowest BCUT2D eigenvalue weighted by atomic mass is 9.98. The summed E-state index contributed by atoms with van der Waals surface area (Å²) in [5, 5.41) is 6.99. The minimum atomic E-state index is -0.414. The molecule has 0 spiro atoms. The molecule has 0 radical (unpaired) electrons. The fraction of sp³-hybridized carbons (Fsp3) is 0.182. The average molecular weight is 359 g/mol. The summed E-state index contributed by atoms with van der Waals surface area (Å²) >= 11 is 0. The van der Waals surface area contributed by atoms with Crippen molar-refractivity contribution in [3.8, 4) is 11.1 Å². The van der Waals surface area contributed by atoms with E-state index < -0.39 is 6.09 Å². The van der Waals surface area contributed by atoms with Gasteiger partial charge in [-0.05, 0) is 34.4 Å². The van der Waals surface area contributed by atoms with Crippen molar-refractivity contribution in [2.75, 3.05) is 13.2 Å². The molecule has 136 valence electrons. The van der Waals surface area contributed by atoms with Gasteiger partial charge in [0.25, 0.3) is 0 Å². The van der Waals surface area contributed by atoms with E-state index in [1.165, 1.54) is 22.3 Å². The normalized spacial score (nSPS) is 12.8. The molecule has 5 heteroatoms. The first-order valence-electron chi connectivity index (χ1n) is 8.97. The first-order valence-corrected chi connectivity index (χ1v) is 8.97. The maximum absolute atomic E-state index is 12.1. The summed E-state index contributed by atoms with van der Waals surface area (Å²) in [6.07, 6.45) is 5.18. The zero-order chi connectivity index (χ0) is 18.6. The zero-order valence-corrected chi connectivity index (χ0v) is 15.1. The molecule has 1 aromatic heterocycles. The summed E-state index contributed by atoms with van der Waals surface area (Å²) in [6.45, 7) is 0.719. The van der Waals surface area contributed by atoms with Crippen molar-refractivity contribution < 1.29 is 9.53 Å². The number of aryl methyl sites for hydroxylation is 1. The molecule has 0 bridgehead atoms. The number of nitrogens with zero attached hydrogens (tertiary/aromatic N) is 2. The average Bonchev–Trinajstić information content (AvgIpc) is 3.25. The van der Waals surface area contributed by atoms with Crippen LogP contribution in [0.3, 0.4) is 0 Å². The number of alkyl carbamates (subject to hydrolysis) is 1. The largest absolute Gasteiger partial charge is 0.449 e. The van der Waals surface area contributed by atoms with Gasteiger partial charge in [-0.3, -0.25) is 4.68 Å². The van der Waals surface area contributed by atoms with Gasteiger partial charge in [-0.1, -0.05) is 54.6 Å². The lowest BCUT2D eigenvalue weighted by Gasteiger charge is -2.14. The molecule has 0 aliphatic heterocycles. The molecule has 1 aliphatic rings. The van der Waals surface area contributed by atoms with Gasteiger partial charge in [0, 0.05) is 25.7 Å². The molecule has 0 saturated heterocycles. The Morgan fingerprint density at radius 2 is 1.78 bits per heavy atom. The number of benzene rings is 2. The Labute approximate surface area is 158 Å². The van der Waals surface area contributed by atoms with Crippen LogP contribution in [0.2, 0.25) is 0 Å². The number of rotatable bonds is 5. The molecule has 1 amide bonds. The van der Waals surface area contributed by atoms with Crippen LogP contribution in [0.4, 0.5) is 4.79 Å². The number of amides is 1. The van der Waals surface area contributed by atoms with E-state index >= 15 is 0 Å². The fourth-order valence-corrected chi connectivity index (χ4v) is 3.49. The molecule has 0 atom stereocenters. The molecule has 3 aromatic rings. The topological polar surface area (TPSA) is 56.2 Å². The highest BCUT2D eigenvalue weighted by Gasteiger charge is 2.28. The smallest absolute Gasteiger partial charge is 0.407 e. The van der Waals surface area contributed by atoms with Crippen molar-refractivity contribution in [1.29, 1.82) is 0 Å². The number of aromatic nitrogens is 2. The summed E-state index contributed by atoms with van der Waals surface area (Å²) in [7, 11) is 1.87. The van der Waals surface area contributed by atoms with Crippen molar-refractivity contribution in [2.45, 2.75) is 5.92 Å². The van der Waals surface area contributed by atoms with Gasteiger partial charge in [0.2, 0.25) is 0 Å². The number of carbonyl (C=O) groups excluding carboxylic acids is 1. The Morgan fingerprint density at radius 1 is 1.11 bits per heavy atom. The fourth-order valence-electron chi connectivity index (χ4n) is 3.49. The molecule has 5 nitrogen and oxygen atoms in total. The second kappa shape index (κ2) is 7.50. The Hall–Kier alpha value is -3.34. The van der Waals surface area contributed by atoms with Crippen LogP contribution in [-0.2, 0) is 11.8 Å². The second-order valence-electron chi connectivity index (χ2n) is 6.52. The van der Waals surface area contributed by atoms with Gasteiger partial charge in [0.15, 0.2) is 0 Å². The van der Waals surface area contributed by atoms with E-state index in [0.29, 0.717) is 13.2 Å². The first kappa shape index (κ1) is 17.1. The summed E-state index contributed by atoms with van der Waals surface area (Å²) in [4.78, 5) is 12.1. The van der Waals surface area contributed by atoms with E-state index in [0.717, 1.165) is 5.69 Å². The predicted octanol–water partition coefficient (Wildman–Crippen LogP) is 3.97. The highest BCUT2D eigenvalue weighted by atomic mass is 16.5. The minimum Gasteiger partial charge on any atom is -0.449 e. The van der Waals surface area contributed by atoms with E-state index in [2.05, 4.69) is 34.7 Å². The molecule has 1 heterocycles. The van der Waals surface area contributed by atoms with Crippen LogP contribution >= 0.6 is 0 Å². The minimum absolute atomic E-state index is 0.0761. The Balaban J connectivity index is 1.34. The van der Waals surface area contributed by atoms with Crippen molar-refractivity contribution in [3.05, 3.63) is 83.7 Å². The molecule has 27 heavy (non-hydrogen) atoms. The van der Waals surface area contributed by atoms with Gasteiger partial charge in [0.1, 0.15) is 6.61 Å². The molecule has 0 fully saturated rings. The van der Waals surface area contributed by atoms with Crippen molar-refractivity contribution in [2.24, 2.45) is 7.05 Å². The van der Waals surface area contributed by atoms with Crippen molar-refractivity contribution >= 4 is 12.2 Å². The number of hydrogen-bond donors (Lipinski definition) is 1. The van der Waals surface area contributed by atoms with Gasteiger partial charge < -0.3 is 10.1 Å². The Bertz CT molecular complexity index is 945. The number of carbonyl (C=O) groups is 1. The number of hydrogen-bond acceptors (Lipinski definition) is 3. The van der Waals surface area contributed by atoms with Crippen LogP contribution in [0, 0.1) is 0 Å². The standard InChI is InChI=1S/C22H21N3O2/c1-25-14-12-16(24-25)7-6-13-23-22(26)27-15-21-19-10-4-2-8-17(19)18-9-3-5-11-20(18)21/h2-12,14,21H,13,15H2,1H3,(H,23,26).